The molecule has 0 bridgehead atoms. The standard InChI is InChI=1S/C13H18O4S/c1-9(14)8-18(16,17)10-5-6-11(12(15)7-10)13(2,3)4/h5-7,15H,8H2,1-4H3. The monoisotopic (exact) mass is 270 g/mol. The van der Waals surface area contributed by atoms with Gasteiger partial charge in [-0.15, -0.1) is 0 Å². The van der Waals surface area contributed by atoms with E-state index in [1.807, 2.05) is 20.8 Å². The SMILES string of the molecule is CC(=O)CS(=O)(=O)c1ccc(C(C)(C)C)c(O)c1. The first kappa shape index (κ1) is 14.7. The Kier molecular flexibility index (Phi) is 3.86. The summed E-state index contributed by atoms with van der Waals surface area (Å²) in [6.45, 7) is 6.99. The second-order valence-corrected chi connectivity index (χ2v) is 7.38. The largest absolute Gasteiger partial charge is 0.508 e. The summed E-state index contributed by atoms with van der Waals surface area (Å²) >= 11 is 0. The van der Waals surface area contributed by atoms with Crippen molar-refractivity contribution in [2.24, 2.45) is 0 Å². The first-order valence-electron chi connectivity index (χ1n) is 5.60. The van der Waals surface area contributed by atoms with Crippen molar-refractivity contribution >= 4 is 15.6 Å². The Morgan fingerprint density at radius 3 is 2.22 bits per heavy atom. The van der Waals surface area contributed by atoms with E-state index < -0.39 is 21.4 Å². The predicted molar refractivity (Wildman–Crippen MR) is 69.5 cm³/mol. The van der Waals surface area contributed by atoms with Crippen LogP contribution in [0.2, 0.25) is 0 Å². The summed E-state index contributed by atoms with van der Waals surface area (Å²) in [6.07, 6.45) is 0. The second kappa shape index (κ2) is 4.72. The van der Waals surface area contributed by atoms with E-state index in [0.717, 1.165) is 0 Å². The lowest BCUT2D eigenvalue weighted by Gasteiger charge is -2.20. The Bertz CT molecular complexity index is 565. The number of benzene rings is 1. The van der Waals surface area contributed by atoms with Gasteiger partial charge in [-0.25, -0.2) is 8.42 Å². The van der Waals surface area contributed by atoms with Gasteiger partial charge in [-0.1, -0.05) is 26.8 Å². The van der Waals surface area contributed by atoms with Crippen LogP contribution in [0.4, 0.5) is 0 Å². The van der Waals surface area contributed by atoms with Gasteiger partial charge in [0, 0.05) is 0 Å². The van der Waals surface area contributed by atoms with E-state index in [9.17, 15) is 18.3 Å². The minimum Gasteiger partial charge on any atom is -0.508 e. The van der Waals surface area contributed by atoms with Crippen molar-refractivity contribution in [2.75, 3.05) is 5.75 Å². The molecule has 5 heteroatoms. The molecule has 4 nitrogen and oxygen atoms in total. The number of phenols is 1. The maximum Gasteiger partial charge on any atom is 0.185 e. The first-order chi connectivity index (χ1) is 8.04. The highest BCUT2D eigenvalue weighted by molar-refractivity contribution is 7.92. The summed E-state index contributed by atoms with van der Waals surface area (Å²) < 4.78 is 23.6. The molecule has 0 aliphatic carbocycles. The topological polar surface area (TPSA) is 71.4 Å². The van der Waals surface area contributed by atoms with Gasteiger partial charge in [0.15, 0.2) is 9.84 Å². The average molecular weight is 270 g/mol. The van der Waals surface area contributed by atoms with E-state index >= 15 is 0 Å². The van der Waals surface area contributed by atoms with Gasteiger partial charge in [0.25, 0.3) is 0 Å². The lowest BCUT2D eigenvalue weighted by molar-refractivity contribution is -0.114. The molecule has 0 heterocycles. The minimum absolute atomic E-state index is 0.0248. The zero-order valence-electron chi connectivity index (χ0n) is 11.0. The average Bonchev–Trinajstić information content (AvgIpc) is 2.13. The molecule has 0 aromatic heterocycles. The molecular weight excluding hydrogens is 252 g/mol. The molecule has 100 valence electrons. The number of hydrogen-bond donors (Lipinski definition) is 1. The third kappa shape index (κ3) is 3.32. The molecule has 0 aliphatic heterocycles. The molecule has 0 amide bonds. The van der Waals surface area contributed by atoms with Crippen molar-refractivity contribution in [1.29, 1.82) is 0 Å². The van der Waals surface area contributed by atoms with Crippen molar-refractivity contribution in [3.63, 3.8) is 0 Å². The molecule has 0 aliphatic rings. The van der Waals surface area contributed by atoms with Gasteiger partial charge in [-0.05, 0) is 30.0 Å². The van der Waals surface area contributed by atoms with Crippen molar-refractivity contribution in [3.8, 4) is 5.75 Å². The molecule has 1 aromatic rings. The van der Waals surface area contributed by atoms with Gasteiger partial charge in [-0.3, -0.25) is 4.79 Å². The van der Waals surface area contributed by atoms with Crippen LogP contribution in [-0.4, -0.2) is 25.1 Å². The Balaban J connectivity index is 3.25. The third-order valence-corrected chi connectivity index (χ3v) is 4.29. The Morgan fingerprint density at radius 1 is 1.28 bits per heavy atom. The zero-order chi connectivity index (χ0) is 14.1. The number of sulfone groups is 1. The van der Waals surface area contributed by atoms with Crippen LogP contribution in [0.1, 0.15) is 33.3 Å². The molecule has 0 saturated heterocycles. The summed E-state index contributed by atoms with van der Waals surface area (Å²) in [5, 5.41) is 9.88. The number of aromatic hydroxyl groups is 1. The number of rotatable bonds is 3. The summed E-state index contributed by atoms with van der Waals surface area (Å²) in [4.78, 5) is 10.9. The van der Waals surface area contributed by atoms with Crippen LogP contribution in [0.15, 0.2) is 23.1 Å². The van der Waals surface area contributed by atoms with Crippen molar-refractivity contribution in [1.82, 2.24) is 0 Å². The number of hydrogen-bond acceptors (Lipinski definition) is 4. The Morgan fingerprint density at radius 2 is 1.83 bits per heavy atom. The Hall–Kier alpha value is -1.36. The van der Waals surface area contributed by atoms with Crippen LogP contribution >= 0.6 is 0 Å². The number of phenolic OH excluding ortho intramolecular Hbond substituents is 1. The van der Waals surface area contributed by atoms with Crippen LogP contribution in [0.5, 0.6) is 5.75 Å². The van der Waals surface area contributed by atoms with E-state index in [-0.39, 0.29) is 16.1 Å². The van der Waals surface area contributed by atoms with E-state index in [4.69, 9.17) is 0 Å². The summed E-state index contributed by atoms with van der Waals surface area (Å²) in [5.74, 6) is -1.03. The smallest absolute Gasteiger partial charge is 0.185 e. The third-order valence-electron chi connectivity index (χ3n) is 2.53. The summed E-state index contributed by atoms with van der Waals surface area (Å²) in [6, 6.07) is 4.22. The highest BCUT2D eigenvalue weighted by Gasteiger charge is 2.22. The minimum atomic E-state index is -3.65. The molecule has 1 aromatic carbocycles. The predicted octanol–water partition coefficient (Wildman–Crippen LogP) is 2.05. The van der Waals surface area contributed by atoms with Crippen LogP contribution < -0.4 is 0 Å². The highest BCUT2D eigenvalue weighted by atomic mass is 32.2. The van der Waals surface area contributed by atoms with E-state index in [1.165, 1.54) is 19.1 Å². The van der Waals surface area contributed by atoms with Gasteiger partial charge >= 0.3 is 0 Å². The quantitative estimate of drug-likeness (QED) is 0.912. The van der Waals surface area contributed by atoms with E-state index in [1.54, 1.807) is 6.07 Å². The molecule has 0 fully saturated rings. The van der Waals surface area contributed by atoms with Crippen LogP contribution in [0, 0.1) is 0 Å². The van der Waals surface area contributed by atoms with Gasteiger partial charge < -0.3 is 5.11 Å². The maximum absolute atomic E-state index is 11.8. The fourth-order valence-electron chi connectivity index (χ4n) is 1.69. The van der Waals surface area contributed by atoms with Crippen LogP contribution in [-0.2, 0) is 20.0 Å². The zero-order valence-corrected chi connectivity index (χ0v) is 11.8. The van der Waals surface area contributed by atoms with Crippen molar-refractivity contribution in [3.05, 3.63) is 23.8 Å². The number of Topliss-reactive ketones (excluding diaryl/α,β-unsaturated/α-hetero) is 1. The van der Waals surface area contributed by atoms with Crippen molar-refractivity contribution in [2.45, 2.75) is 38.0 Å². The van der Waals surface area contributed by atoms with Gasteiger partial charge in [0.1, 0.15) is 17.3 Å². The van der Waals surface area contributed by atoms with E-state index in [2.05, 4.69) is 0 Å². The first-order valence-corrected chi connectivity index (χ1v) is 7.25. The second-order valence-electron chi connectivity index (χ2n) is 5.39. The molecule has 0 atom stereocenters. The molecule has 0 saturated carbocycles. The van der Waals surface area contributed by atoms with E-state index in [0.29, 0.717) is 5.56 Å². The van der Waals surface area contributed by atoms with Gasteiger partial charge in [-0.2, -0.15) is 0 Å². The Labute approximate surface area is 108 Å². The molecule has 0 spiro atoms. The van der Waals surface area contributed by atoms with Crippen LogP contribution in [0.3, 0.4) is 0 Å². The highest BCUT2D eigenvalue weighted by Crippen LogP contribution is 2.32. The van der Waals surface area contributed by atoms with Gasteiger partial charge in [0.2, 0.25) is 0 Å². The summed E-state index contributed by atoms with van der Waals surface area (Å²) in [7, 11) is -3.65. The number of carbonyl (C=O) groups excluding carboxylic acids is 1. The lowest BCUT2D eigenvalue weighted by atomic mass is 9.86. The molecule has 1 N–H and O–H groups in total. The normalized spacial score (nSPS) is 12.4. The fraction of sp³-hybridized carbons (Fsp3) is 0.462. The fourth-order valence-corrected chi connectivity index (χ4v) is 2.96. The molecular formula is C13H18O4S. The summed E-state index contributed by atoms with van der Waals surface area (Å²) in [5.41, 5.74) is 0.400. The van der Waals surface area contributed by atoms with Gasteiger partial charge in [0.05, 0.1) is 4.90 Å². The van der Waals surface area contributed by atoms with Crippen LogP contribution in [0.25, 0.3) is 0 Å². The number of carbonyl (C=O) groups is 1. The van der Waals surface area contributed by atoms with Crippen molar-refractivity contribution < 1.29 is 18.3 Å². The molecule has 1 rings (SSSR count). The molecule has 0 radical (unpaired) electrons. The lowest BCUT2D eigenvalue weighted by Crippen LogP contribution is -2.15. The molecule has 0 unspecified atom stereocenters. The number of ketones is 1. The molecule has 18 heavy (non-hydrogen) atoms. The maximum atomic E-state index is 11.8.